The van der Waals surface area contributed by atoms with E-state index in [1.807, 2.05) is 54.6 Å². The number of hydrogen-bond acceptors (Lipinski definition) is 2. The molecule has 0 unspecified atom stereocenters. The van der Waals surface area contributed by atoms with Gasteiger partial charge < -0.3 is 10.4 Å². The first-order chi connectivity index (χ1) is 8.40. The molecule has 2 nitrogen and oxygen atoms in total. The zero-order valence-corrected chi connectivity index (χ0v) is 9.35. The fourth-order valence-electron chi connectivity index (χ4n) is 1.51. The van der Waals surface area contributed by atoms with Crippen LogP contribution in [0.4, 0.5) is 11.4 Å². The third-order valence-electron chi connectivity index (χ3n) is 2.28. The summed E-state index contributed by atoms with van der Waals surface area (Å²) in [5, 5.41) is 12.0. The van der Waals surface area contributed by atoms with E-state index >= 15 is 0 Å². The molecule has 0 spiro atoms. The SMILES string of the molecule is OCC#Cc1ccccc1Nc1ccccc1. The molecule has 2 heteroatoms. The van der Waals surface area contributed by atoms with Gasteiger partial charge in [0.1, 0.15) is 6.61 Å². The summed E-state index contributed by atoms with van der Waals surface area (Å²) < 4.78 is 0. The van der Waals surface area contributed by atoms with E-state index in [9.17, 15) is 0 Å². The van der Waals surface area contributed by atoms with Crippen molar-refractivity contribution in [3.8, 4) is 11.8 Å². The fourth-order valence-corrected chi connectivity index (χ4v) is 1.51. The van der Waals surface area contributed by atoms with E-state index in [0.717, 1.165) is 16.9 Å². The van der Waals surface area contributed by atoms with E-state index in [2.05, 4.69) is 17.2 Å². The molecule has 2 rings (SSSR count). The summed E-state index contributed by atoms with van der Waals surface area (Å²) >= 11 is 0. The Kier molecular flexibility index (Phi) is 3.80. The van der Waals surface area contributed by atoms with Gasteiger partial charge in [0.15, 0.2) is 0 Å². The van der Waals surface area contributed by atoms with Crippen molar-refractivity contribution in [1.29, 1.82) is 0 Å². The van der Waals surface area contributed by atoms with Crippen LogP contribution in [0.5, 0.6) is 0 Å². The number of aliphatic hydroxyl groups is 1. The summed E-state index contributed by atoms with van der Waals surface area (Å²) in [5.41, 5.74) is 2.84. The maximum absolute atomic E-state index is 8.71. The highest BCUT2D eigenvalue weighted by atomic mass is 16.2. The zero-order valence-electron chi connectivity index (χ0n) is 9.35. The van der Waals surface area contributed by atoms with Crippen molar-refractivity contribution in [2.45, 2.75) is 0 Å². The number of rotatable bonds is 2. The lowest BCUT2D eigenvalue weighted by Crippen LogP contribution is -1.92. The maximum Gasteiger partial charge on any atom is 0.104 e. The van der Waals surface area contributed by atoms with Crippen LogP contribution in [-0.4, -0.2) is 11.7 Å². The van der Waals surface area contributed by atoms with Gasteiger partial charge in [0, 0.05) is 11.3 Å². The van der Waals surface area contributed by atoms with Crippen molar-refractivity contribution in [1.82, 2.24) is 0 Å². The topological polar surface area (TPSA) is 32.3 Å². The van der Waals surface area contributed by atoms with Gasteiger partial charge in [-0.2, -0.15) is 0 Å². The second-order valence-electron chi connectivity index (χ2n) is 3.50. The van der Waals surface area contributed by atoms with Crippen molar-refractivity contribution < 1.29 is 5.11 Å². The van der Waals surface area contributed by atoms with Gasteiger partial charge in [0.05, 0.1) is 5.69 Å². The number of hydrogen-bond donors (Lipinski definition) is 2. The van der Waals surface area contributed by atoms with Crippen molar-refractivity contribution in [2.75, 3.05) is 11.9 Å². The lowest BCUT2D eigenvalue weighted by molar-refractivity contribution is 0.350. The minimum atomic E-state index is -0.125. The summed E-state index contributed by atoms with van der Waals surface area (Å²) in [7, 11) is 0. The molecule has 0 radical (unpaired) electrons. The lowest BCUT2D eigenvalue weighted by Gasteiger charge is -2.08. The van der Waals surface area contributed by atoms with Crippen LogP contribution in [0.3, 0.4) is 0 Å². The smallest absolute Gasteiger partial charge is 0.104 e. The van der Waals surface area contributed by atoms with Crippen molar-refractivity contribution in [2.24, 2.45) is 0 Å². The second-order valence-corrected chi connectivity index (χ2v) is 3.50. The summed E-state index contributed by atoms with van der Waals surface area (Å²) in [4.78, 5) is 0. The predicted octanol–water partition coefficient (Wildman–Crippen LogP) is 2.77. The molecular formula is C15H13NO. The van der Waals surface area contributed by atoms with Gasteiger partial charge in [-0.05, 0) is 24.3 Å². The molecule has 2 aromatic carbocycles. The van der Waals surface area contributed by atoms with Gasteiger partial charge in [-0.1, -0.05) is 42.2 Å². The lowest BCUT2D eigenvalue weighted by atomic mass is 10.1. The summed E-state index contributed by atoms with van der Waals surface area (Å²) in [5.74, 6) is 5.58. The highest BCUT2D eigenvalue weighted by Gasteiger charge is 1.98. The molecule has 0 bridgehead atoms. The van der Waals surface area contributed by atoms with E-state index in [4.69, 9.17) is 5.11 Å². The standard InChI is InChI=1S/C15H13NO/c17-12-6-8-13-7-4-5-11-15(13)16-14-9-2-1-3-10-14/h1-5,7,9-11,16-17H,12H2. The first-order valence-electron chi connectivity index (χ1n) is 5.41. The van der Waals surface area contributed by atoms with Crippen LogP contribution in [-0.2, 0) is 0 Å². The summed E-state index contributed by atoms with van der Waals surface area (Å²) in [6, 6.07) is 17.7. The first-order valence-corrected chi connectivity index (χ1v) is 5.41. The monoisotopic (exact) mass is 223 g/mol. The molecular weight excluding hydrogens is 210 g/mol. The molecule has 0 saturated carbocycles. The molecule has 0 saturated heterocycles. The number of anilines is 2. The highest BCUT2D eigenvalue weighted by Crippen LogP contribution is 2.19. The molecule has 0 fully saturated rings. The van der Waals surface area contributed by atoms with Gasteiger partial charge >= 0.3 is 0 Å². The van der Waals surface area contributed by atoms with E-state index < -0.39 is 0 Å². The molecule has 84 valence electrons. The van der Waals surface area contributed by atoms with Crippen LogP contribution < -0.4 is 5.32 Å². The number of para-hydroxylation sites is 2. The molecule has 2 aromatic rings. The van der Waals surface area contributed by atoms with Crippen molar-refractivity contribution in [3.05, 3.63) is 60.2 Å². The Balaban J connectivity index is 2.27. The Labute approximate surface area is 101 Å². The number of aliphatic hydroxyl groups excluding tert-OH is 1. The van der Waals surface area contributed by atoms with Crippen LogP contribution in [0.2, 0.25) is 0 Å². The average molecular weight is 223 g/mol. The number of nitrogens with one attached hydrogen (secondary N) is 1. The largest absolute Gasteiger partial charge is 0.384 e. The van der Waals surface area contributed by atoms with Crippen LogP contribution in [0, 0.1) is 11.8 Å². The Morgan fingerprint density at radius 2 is 1.65 bits per heavy atom. The van der Waals surface area contributed by atoms with Crippen LogP contribution in [0.1, 0.15) is 5.56 Å². The fraction of sp³-hybridized carbons (Fsp3) is 0.0667. The Bertz CT molecular complexity index is 538. The zero-order chi connectivity index (χ0) is 11.9. The van der Waals surface area contributed by atoms with Crippen molar-refractivity contribution in [3.63, 3.8) is 0 Å². The van der Waals surface area contributed by atoms with E-state index in [0.29, 0.717) is 0 Å². The Morgan fingerprint density at radius 1 is 0.941 bits per heavy atom. The molecule has 17 heavy (non-hydrogen) atoms. The molecule has 0 aliphatic carbocycles. The normalized spacial score (nSPS) is 9.24. The Morgan fingerprint density at radius 3 is 2.41 bits per heavy atom. The molecule has 0 heterocycles. The summed E-state index contributed by atoms with van der Waals surface area (Å²) in [6.45, 7) is -0.125. The maximum atomic E-state index is 8.71. The van der Waals surface area contributed by atoms with Crippen LogP contribution >= 0.6 is 0 Å². The third kappa shape index (κ3) is 3.10. The van der Waals surface area contributed by atoms with Gasteiger partial charge in [-0.15, -0.1) is 0 Å². The summed E-state index contributed by atoms with van der Waals surface area (Å²) in [6.07, 6.45) is 0. The average Bonchev–Trinajstić information content (AvgIpc) is 2.39. The van der Waals surface area contributed by atoms with Gasteiger partial charge in [-0.3, -0.25) is 0 Å². The minimum Gasteiger partial charge on any atom is -0.384 e. The Hall–Kier alpha value is -2.24. The first kappa shape index (κ1) is 11.3. The highest BCUT2D eigenvalue weighted by molar-refractivity contribution is 5.67. The van der Waals surface area contributed by atoms with Gasteiger partial charge in [-0.25, -0.2) is 0 Å². The van der Waals surface area contributed by atoms with E-state index in [1.165, 1.54) is 0 Å². The minimum absolute atomic E-state index is 0.125. The molecule has 0 aliphatic rings. The quantitative estimate of drug-likeness (QED) is 0.767. The van der Waals surface area contributed by atoms with Gasteiger partial charge in [0.2, 0.25) is 0 Å². The third-order valence-corrected chi connectivity index (χ3v) is 2.28. The molecule has 0 aliphatic heterocycles. The molecule has 0 amide bonds. The molecule has 0 aromatic heterocycles. The van der Waals surface area contributed by atoms with E-state index in [1.54, 1.807) is 0 Å². The number of benzene rings is 2. The molecule has 2 N–H and O–H groups in total. The van der Waals surface area contributed by atoms with E-state index in [-0.39, 0.29) is 6.61 Å². The van der Waals surface area contributed by atoms with Crippen molar-refractivity contribution >= 4 is 11.4 Å². The molecule has 0 atom stereocenters. The van der Waals surface area contributed by atoms with Crippen LogP contribution in [0.15, 0.2) is 54.6 Å². The van der Waals surface area contributed by atoms with Crippen LogP contribution in [0.25, 0.3) is 0 Å². The van der Waals surface area contributed by atoms with Gasteiger partial charge in [0.25, 0.3) is 0 Å². The predicted molar refractivity (Wildman–Crippen MR) is 70.1 cm³/mol. The second kappa shape index (κ2) is 5.74.